The van der Waals surface area contributed by atoms with Gasteiger partial charge in [-0.15, -0.1) is 0 Å². The molecule has 2 atom stereocenters. The van der Waals surface area contributed by atoms with Crippen LogP contribution in [0.25, 0.3) is 0 Å². The summed E-state index contributed by atoms with van der Waals surface area (Å²) < 4.78 is 34.4. The van der Waals surface area contributed by atoms with Crippen molar-refractivity contribution in [1.82, 2.24) is 0 Å². The molecule has 9 nitrogen and oxygen atoms in total. The van der Waals surface area contributed by atoms with Crippen molar-refractivity contribution in [2.75, 3.05) is 47.5 Å². The number of quaternary nitrogens is 1. The molecule has 0 saturated carbocycles. The van der Waals surface area contributed by atoms with Gasteiger partial charge in [0.15, 0.2) is 6.10 Å². The van der Waals surface area contributed by atoms with Gasteiger partial charge in [0.25, 0.3) is 7.82 Å². The molecule has 10 heteroatoms. The summed E-state index contributed by atoms with van der Waals surface area (Å²) >= 11 is 0. The minimum Gasteiger partial charge on any atom is -0.756 e. The molecule has 0 aromatic carbocycles. The lowest BCUT2D eigenvalue weighted by atomic mass is 10.0. The fourth-order valence-corrected chi connectivity index (χ4v) is 13.3. The molecule has 2 unspecified atom stereocenters. The normalized spacial score (nSPS) is 12.9. The van der Waals surface area contributed by atoms with Crippen molar-refractivity contribution in [3.63, 3.8) is 0 Å². The molecular formula is C78H156NO8P. The lowest BCUT2D eigenvalue weighted by Gasteiger charge is -2.28. The molecule has 0 rings (SSSR count). The number of hydrogen-bond donors (Lipinski definition) is 0. The summed E-state index contributed by atoms with van der Waals surface area (Å²) in [5, 5.41) is 0. The lowest BCUT2D eigenvalue weighted by Crippen LogP contribution is -2.37. The smallest absolute Gasteiger partial charge is 0.306 e. The van der Waals surface area contributed by atoms with Gasteiger partial charge in [-0.25, -0.2) is 0 Å². The van der Waals surface area contributed by atoms with Gasteiger partial charge in [-0.1, -0.05) is 412 Å². The third kappa shape index (κ3) is 74.1. The van der Waals surface area contributed by atoms with E-state index in [0.29, 0.717) is 17.4 Å². The first-order chi connectivity index (χ1) is 43.0. The summed E-state index contributed by atoms with van der Waals surface area (Å²) in [6.07, 6.45) is 86.7. The van der Waals surface area contributed by atoms with E-state index in [1.54, 1.807) is 0 Å². The van der Waals surface area contributed by atoms with Gasteiger partial charge in [-0.3, -0.25) is 14.2 Å². The molecule has 0 radical (unpaired) electrons. The molecule has 0 amide bonds. The van der Waals surface area contributed by atoms with Crippen LogP contribution in [0.15, 0.2) is 0 Å². The molecule has 0 heterocycles. The van der Waals surface area contributed by atoms with E-state index in [1.165, 1.54) is 372 Å². The number of unbranched alkanes of at least 4 members (excludes halogenated alkanes) is 62. The van der Waals surface area contributed by atoms with E-state index in [9.17, 15) is 19.0 Å². The van der Waals surface area contributed by atoms with Gasteiger partial charge in [0.05, 0.1) is 27.7 Å². The number of phosphoric acid groups is 1. The van der Waals surface area contributed by atoms with E-state index >= 15 is 0 Å². The van der Waals surface area contributed by atoms with E-state index in [1.807, 2.05) is 21.1 Å². The van der Waals surface area contributed by atoms with Crippen LogP contribution in [0, 0.1) is 0 Å². The molecule has 526 valence electrons. The van der Waals surface area contributed by atoms with Crippen LogP contribution in [0.4, 0.5) is 0 Å². The summed E-state index contributed by atoms with van der Waals surface area (Å²) in [6.45, 7) is 4.35. The minimum atomic E-state index is -4.64. The Balaban J connectivity index is 3.89. The number of carbonyl (C=O) groups excluding carboxylic acids is 2. The summed E-state index contributed by atoms with van der Waals surface area (Å²) in [4.78, 5) is 38.1. The number of nitrogens with zero attached hydrogens (tertiary/aromatic N) is 1. The Morgan fingerprint density at radius 3 is 0.727 bits per heavy atom. The molecule has 0 saturated heterocycles. The van der Waals surface area contributed by atoms with Gasteiger partial charge in [0.2, 0.25) is 0 Å². The van der Waals surface area contributed by atoms with E-state index in [0.717, 1.165) is 32.1 Å². The summed E-state index contributed by atoms with van der Waals surface area (Å²) in [7, 11) is 1.20. The topological polar surface area (TPSA) is 111 Å². The Kier molecular flexibility index (Phi) is 69.5. The zero-order chi connectivity index (χ0) is 64.1. The number of esters is 2. The maximum absolute atomic E-state index is 12.9. The van der Waals surface area contributed by atoms with E-state index in [4.69, 9.17) is 18.5 Å². The average Bonchev–Trinajstić information content (AvgIpc) is 3.57. The number of likely N-dealkylation sites (N-methyl/N-ethyl adjacent to an activating group) is 1. The minimum absolute atomic E-state index is 0.0246. The highest BCUT2D eigenvalue weighted by molar-refractivity contribution is 7.45. The molecule has 0 aliphatic heterocycles. The highest BCUT2D eigenvalue weighted by Gasteiger charge is 2.22. The Labute approximate surface area is 550 Å². The van der Waals surface area contributed by atoms with E-state index < -0.39 is 26.5 Å². The second kappa shape index (κ2) is 70.3. The van der Waals surface area contributed by atoms with Crippen molar-refractivity contribution in [2.24, 2.45) is 0 Å². The Morgan fingerprint density at radius 1 is 0.307 bits per heavy atom. The van der Waals surface area contributed by atoms with Crippen molar-refractivity contribution >= 4 is 19.8 Å². The molecule has 0 bridgehead atoms. The number of ether oxygens (including phenoxy) is 2. The number of hydrogen-bond acceptors (Lipinski definition) is 8. The van der Waals surface area contributed by atoms with Crippen molar-refractivity contribution in [3.8, 4) is 0 Å². The van der Waals surface area contributed by atoms with Gasteiger partial charge >= 0.3 is 11.9 Å². The largest absolute Gasteiger partial charge is 0.756 e. The highest BCUT2D eigenvalue weighted by atomic mass is 31.2. The van der Waals surface area contributed by atoms with Gasteiger partial charge in [0.1, 0.15) is 19.8 Å². The fourth-order valence-electron chi connectivity index (χ4n) is 12.5. The van der Waals surface area contributed by atoms with Crippen molar-refractivity contribution < 1.29 is 42.1 Å². The predicted octanol–water partition coefficient (Wildman–Crippen LogP) is 25.4. The van der Waals surface area contributed by atoms with Gasteiger partial charge in [-0.05, 0) is 12.8 Å². The van der Waals surface area contributed by atoms with Gasteiger partial charge in [0, 0.05) is 12.8 Å². The second-order valence-corrected chi connectivity index (χ2v) is 30.2. The van der Waals surface area contributed by atoms with Crippen LogP contribution >= 0.6 is 7.82 Å². The lowest BCUT2D eigenvalue weighted by molar-refractivity contribution is -0.870. The molecule has 0 fully saturated rings. The Hall–Kier alpha value is -0.990. The molecule has 0 aliphatic rings. The zero-order valence-electron chi connectivity index (χ0n) is 60.2. The third-order valence-electron chi connectivity index (χ3n) is 18.6. The molecule has 0 N–H and O–H groups in total. The first-order valence-electron chi connectivity index (χ1n) is 39.7. The van der Waals surface area contributed by atoms with E-state index in [-0.39, 0.29) is 32.0 Å². The van der Waals surface area contributed by atoms with Crippen molar-refractivity contribution in [2.45, 2.75) is 444 Å². The van der Waals surface area contributed by atoms with Crippen LogP contribution in [-0.2, 0) is 32.7 Å². The summed E-state index contributed by atoms with van der Waals surface area (Å²) in [5.74, 6) is -0.800. The van der Waals surface area contributed by atoms with Crippen molar-refractivity contribution in [3.05, 3.63) is 0 Å². The summed E-state index contributed by atoms with van der Waals surface area (Å²) in [6, 6.07) is 0. The highest BCUT2D eigenvalue weighted by Crippen LogP contribution is 2.38. The third-order valence-corrected chi connectivity index (χ3v) is 19.6. The quantitative estimate of drug-likeness (QED) is 0.0256. The Morgan fingerprint density at radius 2 is 0.511 bits per heavy atom. The number of carbonyl (C=O) groups is 2. The van der Waals surface area contributed by atoms with Crippen molar-refractivity contribution in [1.29, 1.82) is 0 Å². The van der Waals surface area contributed by atoms with E-state index in [2.05, 4.69) is 13.8 Å². The molecule has 0 aromatic heterocycles. The molecule has 0 spiro atoms. The zero-order valence-corrected chi connectivity index (χ0v) is 61.1. The van der Waals surface area contributed by atoms with Crippen LogP contribution in [0.2, 0.25) is 0 Å². The van der Waals surface area contributed by atoms with Crippen LogP contribution in [-0.4, -0.2) is 70.0 Å². The Bertz CT molecular complexity index is 1440. The van der Waals surface area contributed by atoms with Crippen LogP contribution in [0.1, 0.15) is 438 Å². The first-order valence-corrected chi connectivity index (χ1v) is 41.2. The van der Waals surface area contributed by atoms with Crippen LogP contribution < -0.4 is 4.89 Å². The standard InChI is InChI=1S/C78H156NO8P/c1-6-8-10-12-14-16-18-20-22-24-26-28-30-32-34-36-37-38-39-40-41-43-45-47-49-51-53-55-57-59-61-63-65-67-69-71-78(81)87-76(75-86-88(82,83)85-73-72-79(3,4)5)74-84-77(80)70-68-66-64-62-60-58-56-54-52-50-48-46-44-42-35-33-31-29-27-25-23-21-19-17-15-13-11-9-7-2/h76H,6-75H2,1-5H3. The maximum Gasteiger partial charge on any atom is 0.306 e. The molecular weight excluding hydrogens is 1110 g/mol. The fraction of sp³-hybridized carbons (Fsp3) is 0.974. The summed E-state index contributed by atoms with van der Waals surface area (Å²) in [5.41, 5.74) is 0. The monoisotopic (exact) mass is 1270 g/mol. The average molecular weight is 1270 g/mol. The SMILES string of the molecule is CCCCCCCCCCCCCCCCCCCCCCCCCCCCCCCCCCCCCC(=O)OC(COC(=O)CCCCCCCCCCCCCCCCCCCCCCCCCCCCCCC)COP(=O)([O-])OCC[N+](C)(C)C. The van der Waals surface area contributed by atoms with Gasteiger partial charge in [-0.2, -0.15) is 0 Å². The number of phosphoric ester groups is 1. The number of rotatable bonds is 76. The second-order valence-electron chi connectivity index (χ2n) is 28.8. The molecule has 88 heavy (non-hydrogen) atoms. The maximum atomic E-state index is 12.9. The molecule has 0 aromatic rings. The predicted molar refractivity (Wildman–Crippen MR) is 379 cm³/mol. The van der Waals surface area contributed by atoms with Crippen LogP contribution in [0.5, 0.6) is 0 Å². The van der Waals surface area contributed by atoms with Crippen LogP contribution in [0.3, 0.4) is 0 Å². The van der Waals surface area contributed by atoms with Gasteiger partial charge < -0.3 is 27.9 Å². The molecule has 0 aliphatic carbocycles. The first kappa shape index (κ1) is 87.0.